The third-order valence-electron chi connectivity index (χ3n) is 2.99. The van der Waals surface area contributed by atoms with E-state index in [1.165, 1.54) is 0 Å². The van der Waals surface area contributed by atoms with Crippen LogP contribution in [-0.4, -0.2) is 23.5 Å². The lowest BCUT2D eigenvalue weighted by Gasteiger charge is -2.35. The number of nitrogens with one attached hydrogen (secondary N) is 1. The molecule has 0 saturated carbocycles. The second-order valence-corrected chi connectivity index (χ2v) is 4.99. The van der Waals surface area contributed by atoms with E-state index in [4.69, 9.17) is 0 Å². The Hall–Kier alpha value is -1.58. The Kier molecular flexibility index (Phi) is 3.31. The van der Waals surface area contributed by atoms with Gasteiger partial charge in [0.25, 0.3) is 0 Å². The molecular formula is C13H19N3O. The summed E-state index contributed by atoms with van der Waals surface area (Å²) < 4.78 is 0. The van der Waals surface area contributed by atoms with Crippen LogP contribution in [0.4, 0.5) is 11.4 Å². The summed E-state index contributed by atoms with van der Waals surface area (Å²) in [7, 11) is 0. The van der Waals surface area contributed by atoms with E-state index in [1.54, 1.807) is 19.3 Å². The molecule has 4 nitrogen and oxygen atoms in total. The molecule has 4 heteroatoms. The van der Waals surface area contributed by atoms with Gasteiger partial charge < -0.3 is 10.2 Å². The summed E-state index contributed by atoms with van der Waals surface area (Å²) in [5, 5.41) is 3.46. The van der Waals surface area contributed by atoms with Crippen LogP contribution >= 0.6 is 0 Å². The van der Waals surface area contributed by atoms with Crippen molar-refractivity contribution in [3.63, 3.8) is 0 Å². The van der Waals surface area contributed by atoms with Gasteiger partial charge in [0.1, 0.15) is 0 Å². The van der Waals surface area contributed by atoms with Gasteiger partial charge in [-0.15, -0.1) is 0 Å². The van der Waals surface area contributed by atoms with E-state index >= 15 is 0 Å². The zero-order chi connectivity index (χ0) is 12.4. The molecule has 0 bridgehead atoms. The molecule has 1 amide bonds. The summed E-state index contributed by atoms with van der Waals surface area (Å²) in [6, 6.07) is 2.20. The number of amides is 1. The van der Waals surface area contributed by atoms with Gasteiger partial charge >= 0.3 is 0 Å². The van der Waals surface area contributed by atoms with Gasteiger partial charge in [-0.2, -0.15) is 0 Å². The van der Waals surface area contributed by atoms with Crippen molar-refractivity contribution in [2.75, 3.05) is 16.8 Å². The van der Waals surface area contributed by atoms with Gasteiger partial charge in [-0.1, -0.05) is 13.8 Å². The summed E-state index contributed by atoms with van der Waals surface area (Å²) in [5.74, 6) is 0.701. The standard InChI is InChI=1S/C13H19N3O/c1-9(2)6-11-8-16(10(3)17)13-4-5-14-7-12(13)15-11/h4-5,7,9,11,15H,6,8H2,1-3H3. The van der Waals surface area contributed by atoms with Gasteiger partial charge in [0.2, 0.25) is 5.91 Å². The van der Waals surface area contributed by atoms with Crippen LogP contribution in [0.5, 0.6) is 0 Å². The van der Waals surface area contributed by atoms with Crippen molar-refractivity contribution >= 4 is 17.3 Å². The Morgan fingerprint density at radius 1 is 1.65 bits per heavy atom. The lowest BCUT2D eigenvalue weighted by molar-refractivity contribution is -0.116. The lowest BCUT2D eigenvalue weighted by Crippen LogP contribution is -2.44. The predicted molar refractivity (Wildman–Crippen MR) is 69.1 cm³/mol. The first-order valence-electron chi connectivity index (χ1n) is 6.06. The summed E-state index contributed by atoms with van der Waals surface area (Å²) in [6.07, 6.45) is 4.56. The second kappa shape index (κ2) is 4.73. The first-order valence-corrected chi connectivity index (χ1v) is 6.06. The van der Waals surface area contributed by atoms with Gasteiger partial charge in [0.05, 0.1) is 17.6 Å². The van der Waals surface area contributed by atoms with Crippen LogP contribution in [0.15, 0.2) is 18.5 Å². The maximum absolute atomic E-state index is 11.7. The van der Waals surface area contributed by atoms with E-state index in [0.717, 1.165) is 24.3 Å². The first kappa shape index (κ1) is 11.9. The Labute approximate surface area is 102 Å². The first-order chi connectivity index (χ1) is 8.08. The predicted octanol–water partition coefficient (Wildman–Crippen LogP) is 2.27. The molecule has 2 rings (SSSR count). The molecule has 1 aromatic rings. The van der Waals surface area contributed by atoms with Crippen LogP contribution in [0, 0.1) is 5.92 Å². The lowest BCUT2D eigenvalue weighted by atomic mass is 10.0. The maximum atomic E-state index is 11.7. The quantitative estimate of drug-likeness (QED) is 0.852. The molecule has 0 aliphatic carbocycles. The minimum Gasteiger partial charge on any atom is -0.378 e. The van der Waals surface area contributed by atoms with Crippen molar-refractivity contribution in [2.45, 2.75) is 33.2 Å². The van der Waals surface area contributed by atoms with Crippen LogP contribution in [0.2, 0.25) is 0 Å². The Bertz CT molecular complexity index is 417. The fraction of sp³-hybridized carbons (Fsp3) is 0.538. The Balaban J connectivity index is 2.26. The maximum Gasteiger partial charge on any atom is 0.223 e. The van der Waals surface area contributed by atoms with Gasteiger partial charge in [0.15, 0.2) is 0 Å². The van der Waals surface area contributed by atoms with E-state index < -0.39 is 0 Å². The van der Waals surface area contributed by atoms with Gasteiger partial charge in [-0.05, 0) is 18.4 Å². The number of carbonyl (C=O) groups excluding carboxylic acids is 1. The molecule has 1 aromatic heterocycles. The summed E-state index contributed by atoms with van der Waals surface area (Å²) in [5.41, 5.74) is 1.90. The molecule has 0 aromatic carbocycles. The average molecular weight is 233 g/mol. The number of hydrogen-bond donors (Lipinski definition) is 1. The highest BCUT2D eigenvalue weighted by molar-refractivity contribution is 5.96. The largest absolute Gasteiger partial charge is 0.378 e. The third-order valence-corrected chi connectivity index (χ3v) is 2.99. The van der Waals surface area contributed by atoms with Crippen molar-refractivity contribution < 1.29 is 4.79 Å². The van der Waals surface area contributed by atoms with Crippen molar-refractivity contribution in [3.05, 3.63) is 18.5 Å². The number of pyridine rings is 1. The smallest absolute Gasteiger partial charge is 0.223 e. The number of nitrogens with zero attached hydrogens (tertiary/aromatic N) is 2. The van der Waals surface area contributed by atoms with Gasteiger partial charge in [-0.25, -0.2) is 0 Å². The number of fused-ring (bicyclic) bond motifs is 1. The number of anilines is 2. The van der Waals surface area contributed by atoms with Crippen LogP contribution in [-0.2, 0) is 4.79 Å². The van der Waals surface area contributed by atoms with Crippen LogP contribution < -0.4 is 10.2 Å². The molecule has 1 N–H and O–H groups in total. The molecule has 2 heterocycles. The highest BCUT2D eigenvalue weighted by atomic mass is 16.2. The summed E-state index contributed by atoms with van der Waals surface area (Å²) >= 11 is 0. The topological polar surface area (TPSA) is 45.2 Å². The average Bonchev–Trinajstić information content (AvgIpc) is 2.27. The van der Waals surface area contributed by atoms with E-state index in [9.17, 15) is 4.79 Å². The SMILES string of the molecule is CC(=O)N1CC(CC(C)C)Nc2cnccc21. The van der Waals surface area contributed by atoms with E-state index in [0.29, 0.717) is 12.0 Å². The number of rotatable bonds is 2. The molecule has 17 heavy (non-hydrogen) atoms. The fourth-order valence-electron chi connectivity index (χ4n) is 2.32. The number of carbonyl (C=O) groups is 1. The highest BCUT2D eigenvalue weighted by Crippen LogP contribution is 2.31. The fourth-order valence-corrected chi connectivity index (χ4v) is 2.32. The number of hydrogen-bond acceptors (Lipinski definition) is 3. The van der Waals surface area contributed by atoms with E-state index in [2.05, 4.69) is 24.1 Å². The summed E-state index contributed by atoms with van der Waals surface area (Å²) in [6.45, 7) is 6.74. The molecule has 0 spiro atoms. The molecule has 1 unspecified atom stereocenters. The Morgan fingerprint density at radius 2 is 2.41 bits per heavy atom. The van der Waals surface area contributed by atoms with Crippen LogP contribution in [0.1, 0.15) is 27.2 Å². The minimum absolute atomic E-state index is 0.0905. The monoisotopic (exact) mass is 233 g/mol. The molecule has 1 aliphatic heterocycles. The van der Waals surface area contributed by atoms with Crippen LogP contribution in [0.3, 0.4) is 0 Å². The van der Waals surface area contributed by atoms with Gasteiger partial charge in [-0.3, -0.25) is 9.78 Å². The third kappa shape index (κ3) is 2.57. The zero-order valence-electron chi connectivity index (χ0n) is 10.6. The highest BCUT2D eigenvalue weighted by Gasteiger charge is 2.26. The van der Waals surface area contributed by atoms with E-state index in [-0.39, 0.29) is 5.91 Å². The molecule has 1 aliphatic rings. The molecular weight excluding hydrogens is 214 g/mol. The molecule has 1 atom stereocenters. The molecule has 0 radical (unpaired) electrons. The normalized spacial score (nSPS) is 18.8. The van der Waals surface area contributed by atoms with Crippen molar-refractivity contribution in [1.29, 1.82) is 0 Å². The molecule has 0 saturated heterocycles. The Morgan fingerprint density at radius 3 is 3.06 bits per heavy atom. The minimum atomic E-state index is 0.0905. The zero-order valence-corrected chi connectivity index (χ0v) is 10.6. The van der Waals surface area contributed by atoms with Gasteiger partial charge in [0, 0.05) is 25.7 Å². The molecule has 0 fully saturated rings. The van der Waals surface area contributed by atoms with Crippen molar-refractivity contribution in [1.82, 2.24) is 4.98 Å². The number of aromatic nitrogens is 1. The molecule has 92 valence electrons. The summed E-state index contributed by atoms with van der Waals surface area (Å²) in [4.78, 5) is 17.6. The second-order valence-electron chi connectivity index (χ2n) is 4.99. The van der Waals surface area contributed by atoms with Crippen LogP contribution in [0.25, 0.3) is 0 Å². The van der Waals surface area contributed by atoms with E-state index in [1.807, 2.05) is 11.0 Å². The van der Waals surface area contributed by atoms with Crippen molar-refractivity contribution in [3.8, 4) is 0 Å². The van der Waals surface area contributed by atoms with Crippen molar-refractivity contribution in [2.24, 2.45) is 5.92 Å².